The lowest BCUT2D eigenvalue weighted by Crippen LogP contribution is -2.33. The highest BCUT2D eigenvalue weighted by atomic mass is 16.3. The number of rotatable bonds is 6. The van der Waals surface area contributed by atoms with Crippen LogP contribution in [0.25, 0.3) is 0 Å². The van der Waals surface area contributed by atoms with Crippen molar-refractivity contribution in [1.29, 1.82) is 0 Å². The van der Waals surface area contributed by atoms with Gasteiger partial charge in [-0.2, -0.15) is 0 Å². The average molecular weight is 281 g/mol. The van der Waals surface area contributed by atoms with E-state index in [9.17, 15) is 9.59 Å². The van der Waals surface area contributed by atoms with Gasteiger partial charge < -0.3 is 15.4 Å². The molecule has 1 aromatic heterocycles. The van der Waals surface area contributed by atoms with E-state index in [4.69, 9.17) is 5.11 Å². The number of nitrogens with zero attached hydrogens (tertiary/aromatic N) is 1. The molecule has 0 spiro atoms. The van der Waals surface area contributed by atoms with Gasteiger partial charge in [-0.15, -0.1) is 0 Å². The maximum atomic E-state index is 12.0. The van der Waals surface area contributed by atoms with E-state index in [0.717, 1.165) is 0 Å². The number of hydrogen-bond donors (Lipinski definition) is 3. The lowest BCUT2D eigenvalue weighted by Gasteiger charge is -2.10. The summed E-state index contributed by atoms with van der Waals surface area (Å²) in [5.41, 5.74) is 0.0890. The van der Waals surface area contributed by atoms with Gasteiger partial charge in [0.1, 0.15) is 11.4 Å². The molecule has 0 aliphatic heterocycles. The zero-order valence-corrected chi connectivity index (χ0v) is 12.5. The van der Waals surface area contributed by atoms with Gasteiger partial charge in [-0.05, 0) is 26.7 Å². The van der Waals surface area contributed by atoms with E-state index in [1.165, 1.54) is 0 Å². The van der Waals surface area contributed by atoms with Crippen LogP contribution < -0.4 is 10.9 Å². The van der Waals surface area contributed by atoms with Gasteiger partial charge in [0.2, 0.25) is 0 Å². The minimum atomic E-state index is -0.419. The molecule has 1 amide bonds. The Bertz CT molecular complexity index is 521. The number of carbonyl (C=O) groups is 1. The molecule has 0 aliphatic carbocycles. The lowest BCUT2D eigenvalue weighted by atomic mass is 10.1. The Labute approximate surface area is 118 Å². The second-order valence-corrected chi connectivity index (χ2v) is 5.31. The molecule has 20 heavy (non-hydrogen) atoms. The average Bonchev–Trinajstić information content (AvgIpc) is 2.33. The van der Waals surface area contributed by atoms with Crippen molar-refractivity contribution in [3.63, 3.8) is 0 Å². The van der Waals surface area contributed by atoms with Crippen LogP contribution in [0.3, 0.4) is 0 Å². The van der Waals surface area contributed by atoms with Crippen molar-refractivity contribution in [1.82, 2.24) is 15.3 Å². The van der Waals surface area contributed by atoms with Crippen LogP contribution in [0.1, 0.15) is 61.4 Å². The van der Waals surface area contributed by atoms with Crippen LogP contribution in [-0.2, 0) is 0 Å². The van der Waals surface area contributed by atoms with Crippen LogP contribution in [0, 0.1) is 6.92 Å². The Hall–Kier alpha value is -1.69. The fourth-order valence-electron chi connectivity index (χ4n) is 1.84. The van der Waals surface area contributed by atoms with E-state index in [-0.39, 0.29) is 17.6 Å². The number of aromatic nitrogens is 2. The van der Waals surface area contributed by atoms with E-state index < -0.39 is 11.5 Å². The van der Waals surface area contributed by atoms with Crippen molar-refractivity contribution in [3.8, 4) is 0 Å². The van der Waals surface area contributed by atoms with E-state index in [1.54, 1.807) is 13.8 Å². The Morgan fingerprint density at radius 3 is 2.55 bits per heavy atom. The monoisotopic (exact) mass is 281 g/mol. The van der Waals surface area contributed by atoms with Crippen molar-refractivity contribution in [3.05, 3.63) is 27.4 Å². The quantitative estimate of drug-likeness (QED) is 0.680. The molecule has 0 radical (unpaired) electrons. The minimum Gasteiger partial charge on any atom is -0.393 e. The van der Waals surface area contributed by atoms with Crippen molar-refractivity contribution in [2.75, 3.05) is 6.54 Å². The molecule has 6 heteroatoms. The summed E-state index contributed by atoms with van der Waals surface area (Å²) in [6.07, 6.45) is 0.891. The van der Waals surface area contributed by atoms with E-state index >= 15 is 0 Å². The molecule has 3 N–H and O–H groups in total. The first-order valence-electron chi connectivity index (χ1n) is 6.90. The predicted octanol–water partition coefficient (Wildman–Crippen LogP) is 1.09. The smallest absolute Gasteiger partial charge is 0.264 e. The predicted molar refractivity (Wildman–Crippen MR) is 76.9 cm³/mol. The Morgan fingerprint density at radius 2 is 2.05 bits per heavy atom. The summed E-state index contributed by atoms with van der Waals surface area (Å²) in [7, 11) is 0. The molecule has 0 saturated carbocycles. The van der Waals surface area contributed by atoms with E-state index in [1.807, 2.05) is 13.8 Å². The number of aliphatic hydroxyl groups is 1. The normalized spacial score (nSPS) is 12.5. The summed E-state index contributed by atoms with van der Waals surface area (Å²) in [6.45, 7) is 7.63. The molecule has 1 atom stereocenters. The zero-order valence-electron chi connectivity index (χ0n) is 12.5. The molecular formula is C14H23N3O3. The van der Waals surface area contributed by atoms with Gasteiger partial charge in [0.05, 0.1) is 11.8 Å². The van der Waals surface area contributed by atoms with Gasteiger partial charge in [-0.1, -0.05) is 13.8 Å². The van der Waals surface area contributed by atoms with Gasteiger partial charge in [0, 0.05) is 12.5 Å². The summed E-state index contributed by atoms with van der Waals surface area (Å²) in [5, 5.41) is 11.8. The molecule has 0 bridgehead atoms. The van der Waals surface area contributed by atoms with Crippen LogP contribution in [0.4, 0.5) is 0 Å². The minimum absolute atomic E-state index is 0.0615. The van der Waals surface area contributed by atoms with E-state index in [2.05, 4.69) is 15.3 Å². The number of aromatic amines is 1. The number of aliphatic hydroxyl groups excluding tert-OH is 1. The second kappa shape index (κ2) is 7.19. The van der Waals surface area contributed by atoms with Gasteiger partial charge >= 0.3 is 0 Å². The number of H-pyrrole nitrogens is 1. The highest BCUT2D eigenvalue weighted by Crippen LogP contribution is 2.08. The Balaban J connectivity index is 2.76. The summed E-state index contributed by atoms with van der Waals surface area (Å²) in [4.78, 5) is 30.8. The molecule has 1 unspecified atom stereocenters. The molecule has 1 rings (SSSR count). The third-order valence-electron chi connectivity index (χ3n) is 2.98. The van der Waals surface area contributed by atoms with Crippen LogP contribution >= 0.6 is 0 Å². The standard InChI is InChI=1S/C14H23N3O3/c1-8(2)12-16-10(4)11(14(20)17-12)13(19)15-7-5-6-9(3)18/h8-9,18H,5-7H2,1-4H3,(H,15,19)(H,16,17,20). The fraction of sp³-hybridized carbons (Fsp3) is 0.643. The number of nitrogens with one attached hydrogen (secondary N) is 2. The third kappa shape index (κ3) is 4.45. The van der Waals surface area contributed by atoms with Crippen molar-refractivity contribution >= 4 is 5.91 Å². The second-order valence-electron chi connectivity index (χ2n) is 5.31. The fourth-order valence-corrected chi connectivity index (χ4v) is 1.84. The summed E-state index contributed by atoms with van der Waals surface area (Å²) in [5.74, 6) is 0.264. The van der Waals surface area contributed by atoms with E-state index in [0.29, 0.717) is 30.9 Å². The Morgan fingerprint density at radius 1 is 1.40 bits per heavy atom. The van der Waals surface area contributed by atoms with Crippen molar-refractivity contribution in [2.24, 2.45) is 0 Å². The molecule has 1 aromatic rings. The summed E-state index contributed by atoms with van der Waals surface area (Å²) in [6, 6.07) is 0. The van der Waals surface area contributed by atoms with Crippen LogP contribution in [-0.4, -0.2) is 33.6 Å². The van der Waals surface area contributed by atoms with Crippen LogP contribution in [0.2, 0.25) is 0 Å². The largest absolute Gasteiger partial charge is 0.393 e. The molecule has 6 nitrogen and oxygen atoms in total. The van der Waals surface area contributed by atoms with Crippen molar-refractivity contribution < 1.29 is 9.90 Å². The number of carbonyl (C=O) groups excluding carboxylic acids is 1. The van der Waals surface area contributed by atoms with Gasteiger partial charge in [0.25, 0.3) is 11.5 Å². The molecule has 0 fully saturated rings. The SMILES string of the molecule is Cc1nc(C(C)C)[nH]c(=O)c1C(=O)NCCCC(C)O. The molecule has 0 aliphatic rings. The molecule has 0 aromatic carbocycles. The maximum absolute atomic E-state index is 12.0. The first-order chi connectivity index (χ1) is 9.32. The number of amides is 1. The maximum Gasteiger partial charge on any atom is 0.264 e. The van der Waals surface area contributed by atoms with Crippen LogP contribution in [0.15, 0.2) is 4.79 Å². The highest BCUT2D eigenvalue weighted by Gasteiger charge is 2.16. The summed E-state index contributed by atoms with van der Waals surface area (Å²) < 4.78 is 0. The van der Waals surface area contributed by atoms with Gasteiger partial charge in [0.15, 0.2) is 0 Å². The first kappa shape index (κ1) is 16.4. The zero-order chi connectivity index (χ0) is 15.3. The molecular weight excluding hydrogens is 258 g/mol. The first-order valence-corrected chi connectivity index (χ1v) is 6.90. The topological polar surface area (TPSA) is 95.1 Å². The van der Waals surface area contributed by atoms with Gasteiger partial charge in [-0.3, -0.25) is 9.59 Å². The molecule has 1 heterocycles. The number of aryl methyl sites for hydroxylation is 1. The van der Waals surface area contributed by atoms with Crippen LogP contribution in [0.5, 0.6) is 0 Å². The summed E-state index contributed by atoms with van der Waals surface area (Å²) >= 11 is 0. The third-order valence-corrected chi connectivity index (χ3v) is 2.98. The number of hydrogen-bond acceptors (Lipinski definition) is 4. The lowest BCUT2D eigenvalue weighted by molar-refractivity contribution is 0.0947. The van der Waals surface area contributed by atoms with Gasteiger partial charge in [-0.25, -0.2) is 4.98 Å². The molecule has 112 valence electrons. The highest BCUT2D eigenvalue weighted by molar-refractivity contribution is 5.94. The Kier molecular flexibility index (Phi) is 5.88. The van der Waals surface area contributed by atoms with Crippen molar-refractivity contribution in [2.45, 2.75) is 52.6 Å². The molecule has 0 saturated heterocycles.